The molecule has 0 spiro atoms. The molecule has 1 aromatic carbocycles. The predicted molar refractivity (Wildman–Crippen MR) is 107 cm³/mol. The number of aromatic nitrogens is 2. The van der Waals surface area contributed by atoms with Gasteiger partial charge in [0.05, 0.1) is 6.20 Å². The molecule has 2 aliphatic heterocycles. The third-order valence-corrected chi connectivity index (χ3v) is 5.87. The Bertz CT molecular complexity index is 1030. The highest BCUT2D eigenvalue weighted by atomic mass is 16.4. The molecule has 2 unspecified atom stereocenters. The SMILES string of the molecule is Cc1ncc(-c2ccc3cnc(NC(=O)N4C5CC[C@H]4CC(N)C5)cc3c2)o1. The average molecular weight is 377 g/mol. The Balaban J connectivity index is 1.39. The first-order valence-corrected chi connectivity index (χ1v) is 9.74. The van der Waals surface area contributed by atoms with E-state index in [1.165, 1.54) is 0 Å². The van der Waals surface area contributed by atoms with Crippen LogP contribution < -0.4 is 11.1 Å². The van der Waals surface area contributed by atoms with Crippen LogP contribution in [0.3, 0.4) is 0 Å². The molecule has 144 valence electrons. The number of aryl methyl sites for hydroxylation is 1. The summed E-state index contributed by atoms with van der Waals surface area (Å²) in [5, 5.41) is 4.97. The highest BCUT2D eigenvalue weighted by Crippen LogP contribution is 2.35. The maximum atomic E-state index is 12.9. The van der Waals surface area contributed by atoms with Gasteiger partial charge in [0.15, 0.2) is 11.7 Å². The number of carbonyl (C=O) groups excluding carboxylic acids is 1. The molecule has 5 rings (SSSR count). The smallest absolute Gasteiger partial charge is 0.323 e. The van der Waals surface area contributed by atoms with Crippen molar-refractivity contribution in [1.29, 1.82) is 0 Å². The molecule has 3 N–H and O–H groups in total. The summed E-state index contributed by atoms with van der Waals surface area (Å²) in [6, 6.07) is 8.52. The van der Waals surface area contributed by atoms with Gasteiger partial charge in [-0.1, -0.05) is 12.1 Å². The Morgan fingerprint density at radius 3 is 2.64 bits per heavy atom. The molecule has 0 saturated carbocycles. The van der Waals surface area contributed by atoms with Crippen LogP contribution in [0.25, 0.3) is 22.1 Å². The quantitative estimate of drug-likeness (QED) is 0.710. The number of rotatable bonds is 2. The van der Waals surface area contributed by atoms with Gasteiger partial charge in [0.25, 0.3) is 0 Å². The van der Waals surface area contributed by atoms with Crippen LogP contribution in [0.4, 0.5) is 10.6 Å². The second-order valence-electron chi connectivity index (χ2n) is 7.83. The van der Waals surface area contributed by atoms with E-state index in [1.807, 2.05) is 36.1 Å². The van der Waals surface area contributed by atoms with E-state index < -0.39 is 0 Å². The summed E-state index contributed by atoms with van der Waals surface area (Å²) >= 11 is 0. The Morgan fingerprint density at radius 2 is 1.93 bits per heavy atom. The fourth-order valence-corrected chi connectivity index (χ4v) is 4.58. The zero-order chi connectivity index (χ0) is 19.3. The lowest BCUT2D eigenvalue weighted by atomic mass is 9.99. The number of nitrogens with zero attached hydrogens (tertiary/aromatic N) is 3. The minimum absolute atomic E-state index is 0.0757. The third kappa shape index (κ3) is 3.01. The van der Waals surface area contributed by atoms with Gasteiger partial charge in [0.2, 0.25) is 0 Å². The highest BCUT2D eigenvalue weighted by Gasteiger charge is 2.42. The molecule has 2 aliphatic rings. The number of benzene rings is 1. The number of amides is 2. The van der Waals surface area contributed by atoms with Gasteiger partial charge in [-0.05, 0) is 43.2 Å². The lowest BCUT2D eigenvalue weighted by Crippen LogP contribution is -2.51. The Hall–Kier alpha value is -2.93. The fraction of sp³-hybridized carbons (Fsp3) is 0.381. The number of oxazole rings is 1. The van der Waals surface area contributed by atoms with Crippen molar-refractivity contribution in [3.8, 4) is 11.3 Å². The first-order chi connectivity index (χ1) is 13.6. The van der Waals surface area contributed by atoms with E-state index in [0.717, 1.165) is 47.8 Å². The largest absolute Gasteiger partial charge is 0.441 e. The van der Waals surface area contributed by atoms with E-state index in [2.05, 4.69) is 15.3 Å². The van der Waals surface area contributed by atoms with Crippen molar-refractivity contribution >= 4 is 22.6 Å². The number of carbonyl (C=O) groups is 1. The van der Waals surface area contributed by atoms with E-state index >= 15 is 0 Å². The normalized spacial score (nSPS) is 23.9. The summed E-state index contributed by atoms with van der Waals surface area (Å²) in [5.74, 6) is 1.91. The van der Waals surface area contributed by atoms with Gasteiger partial charge in [-0.15, -0.1) is 0 Å². The molecule has 2 saturated heterocycles. The van der Waals surface area contributed by atoms with Crippen molar-refractivity contribution in [2.24, 2.45) is 5.73 Å². The molecule has 2 bridgehead atoms. The van der Waals surface area contributed by atoms with Crippen molar-refractivity contribution < 1.29 is 9.21 Å². The molecular weight excluding hydrogens is 354 g/mol. The van der Waals surface area contributed by atoms with Crippen LogP contribution in [0, 0.1) is 6.92 Å². The van der Waals surface area contributed by atoms with Crippen molar-refractivity contribution in [2.45, 2.75) is 50.7 Å². The van der Waals surface area contributed by atoms with Gasteiger partial charge in [-0.25, -0.2) is 14.8 Å². The van der Waals surface area contributed by atoms with Crippen LogP contribution in [-0.2, 0) is 0 Å². The number of hydrogen-bond acceptors (Lipinski definition) is 5. The van der Waals surface area contributed by atoms with Gasteiger partial charge < -0.3 is 15.1 Å². The second-order valence-corrected chi connectivity index (χ2v) is 7.83. The van der Waals surface area contributed by atoms with Gasteiger partial charge in [-0.3, -0.25) is 5.32 Å². The van der Waals surface area contributed by atoms with Crippen LogP contribution in [0.1, 0.15) is 31.6 Å². The molecule has 0 radical (unpaired) electrons. The number of pyridine rings is 1. The van der Waals surface area contributed by atoms with Crippen molar-refractivity contribution in [2.75, 3.05) is 5.32 Å². The number of fused-ring (bicyclic) bond motifs is 3. The Labute approximate surface area is 162 Å². The third-order valence-electron chi connectivity index (χ3n) is 5.87. The van der Waals surface area contributed by atoms with Crippen LogP contribution in [-0.4, -0.2) is 39.0 Å². The molecule has 2 amide bonds. The van der Waals surface area contributed by atoms with Crippen molar-refractivity contribution in [3.05, 3.63) is 42.5 Å². The van der Waals surface area contributed by atoms with Gasteiger partial charge >= 0.3 is 6.03 Å². The zero-order valence-corrected chi connectivity index (χ0v) is 15.8. The zero-order valence-electron chi connectivity index (χ0n) is 15.8. The molecule has 7 nitrogen and oxygen atoms in total. The number of nitrogens with two attached hydrogens (primary N) is 1. The molecule has 3 atom stereocenters. The number of nitrogens with one attached hydrogen (secondary N) is 1. The van der Waals surface area contributed by atoms with Crippen LogP contribution in [0.5, 0.6) is 0 Å². The number of hydrogen-bond donors (Lipinski definition) is 2. The van der Waals surface area contributed by atoms with Crippen LogP contribution in [0.2, 0.25) is 0 Å². The fourth-order valence-electron chi connectivity index (χ4n) is 4.58. The Morgan fingerprint density at radius 1 is 1.14 bits per heavy atom. The summed E-state index contributed by atoms with van der Waals surface area (Å²) < 4.78 is 5.62. The lowest BCUT2D eigenvalue weighted by Gasteiger charge is -2.37. The molecule has 3 aromatic rings. The average Bonchev–Trinajstić information content (AvgIpc) is 3.22. The molecule has 28 heavy (non-hydrogen) atoms. The van der Waals surface area contributed by atoms with Gasteiger partial charge in [0, 0.05) is 42.2 Å². The monoisotopic (exact) mass is 377 g/mol. The molecule has 4 heterocycles. The van der Waals surface area contributed by atoms with Crippen molar-refractivity contribution in [1.82, 2.24) is 14.9 Å². The number of anilines is 1. The van der Waals surface area contributed by atoms with E-state index in [0.29, 0.717) is 11.7 Å². The van der Waals surface area contributed by atoms with Gasteiger partial charge in [-0.2, -0.15) is 0 Å². The summed E-state index contributed by atoms with van der Waals surface area (Å²) in [7, 11) is 0. The first kappa shape index (κ1) is 17.2. The van der Waals surface area contributed by atoms with E-state index in [4.69, 9.17) is 10.2 Å². The summed E-state index contributed by atoms with van der Waals surface area (Å²) in [4.78, 5) is 23.4. The minimum Gasteiger partial charge on any atom is -0.441 e. The topological polar surface area (TPSA) is 97.3 Å². The molecular formula is C21H23N5O2. The summed E-state index contributed by atoms with van der Waals surface area (Å²) in [5.41, 5.74) is 7.06. The second kappa shape index (κ2) is 6.60. The van der Waals surface area contributed by atoms with Crippen molar-refractivity contribution in [3.63, 3.8) is 0 Å². The van der Waals surface area contributed by atoms with Crippen LogP contribution >= 0.6 is 0 Å². The lowest BCUT2D eigenvalue weighted by molar-refractivity contribution is 0.150. The van der Waals surface area contributed by atoms with E-state index in [-0.39, 0.29) is 24.2 Å². The van der Waals surface area contributed by atoms with Gasteiger partial charge in [0.1, 0.15) is 5.82 Å². The molecule has 0 aliphatic carbocycles. The maximum Gasteiger partial charge on any atom is 0.323 e. The number of piperidine rings is 1. The maximum absolute atomic E-state index is 12.9. The highest BCUT2D eigenvalue weighted by molar-refractivity contribution is 5.93. The Kier molecular flexibility index (Phi) is 4.05. The molecule has 7 heteroatoms. The van der Waals surface area contributed by atoms with E-state index in [9.17, 15) is 4.79 Å². The standard InChI is InChI=1S/C21H23N5O2/c1-12-23-11-19(28-12)13-2-3-14-10-24-20(7-15(14)6-13)25-21(27)26-17-4-5-18(26)9-16(22)8-17/h2-3,6-7,10-11,16-18H,4-5,8-9,22H2,1H3,(H,24,25,27)/t16?,17-,18?/m0/s1. The molecule has 2 fully saturated rings. The van der Waals surface area contributed by atoms with E-state index in [1.54, 1.807) is 12.4 Å². The minimum atomic E-state index is -0.0757. The first-order valence-electron chi connectivity index (χ1n) is 9.74. The summed E-state index contributed by atoms with van der Waals surface area (Å²) in [6.07, 6.45) is 7.34. The van der Waals surface area contributed by atoms with Crippen LogP contribution in [0.15, 0.2) is 41.1 Å². The number of urea groups is 1. The molecule has 2 aromatic heterocycles. The summed E-state index contributed by atoms with van der Waals surface area (Å²) in [6.45, 7) is 1.82. The predicted octanol–water partition coefficient (Wildman–Crippen LogP) is 3.68.